The fraction of sp³-hybridized carbons (Fsp3) is 0.615. The molecule has 2 fully saturated rings. The number of carboxylic acids is 1. The van der Waals surface area contributed by atoms with Crippen LogP contribution in [0, 0.1) is 0 Å². The maximum absolute atomic E-state index is 12.4. The number of oxazole rings is 1. The van der Waals surface area contributed by atoms with Crippen molar-refractivity contribution in [1.82, 2.24) is 15.2 Å². The highest BCUT2D eigenvalue weighted by Gasteiger charge is 2.31. The highest BCUT2D eigenvalue weighted by atomic mass is 16.4. The van der Waals surface area contributed by atoms with Gasteiger partial charge in [-0.2, -0.15) is 4.98 Å². The zero-order valence-corrected chi connectivity index (χ0v) is 11.6. The maximum atomic E-state index is 12.4. The van der Waals surface area contributed by atoms with Gasteiger partial charge in [0.2, 0.25) is 5.91 Å². The van der Waals surface area contributed by atoms with E-state index in [1.807, 2.05) is 9.80 Å². The lowest BCUT2D eigenvalue weighted by Crippen LogP contribution is -2.57. The molecule has 1 aromatic heterocycles. The second-order valence-electron chi connectivity index (χ2n) is 5.31. The van der Waals surface area contributed by atoms with Crippen LogP contribution in [0.2, 0.25) is 0 Å². The molecule has 2 N–H and O–H groups in total. The summed E-state index contributed by atoms with van der Waals surface area (Å²) in [7, 11) is 0. The second kappa shape index (κ2) is 5.72. The smallest absolute Gasteiger partial charge is 0.357 e. The SMILES string of the molecule is O=C(O)c1coc(N2CCNC(C(=O)N3CCCC3)C2)n1. The lowest BCUT2D eigenvalue weighted by atomic mass is 10.2. The Morgan fingerprint density at radius 3 is 2.76 bits per heavy atom. The first-order chi connectivity index (χ1) is 10.1. The fourth-order valence-electron chi connectivity index (χ4n) is 2.75. The summed E-state index contributed by atoms with van der Waals surface area (Å²) in [6.07, 6.45) is 3.24. The van der Waals surface area contributed by atoms with Crippen LogP contribution >= 0.6 is 0 Å². The van der Waals surface area contributed by atoms with Gasteiger partial charge in [0.25, 0.3) is 6.01 Å². The molecule has 21 heavy (non-hydrogen) atoms. The number of aromatic nitrogens is 1. The third-order valence-electron chi connectivity index (χ3n) is 3.87. The molecule has 2 aliphatic heterocycles. The number of rotatable bonds is 3. The Hall–Kier alpha value is -2.09. The molecule has 8 nitrogen and oxygen atoms in total. The molecule has 0 radical (unpaired) electrons. The molecule has 3 heterocycles. The zero-order valence-electron chi connectivity index (χ0n) is 11.6. The van der Waals surface area contributed by atoms with Gasteiger partial charge in [0.05, 0.1) is 0 Å². The molecule has 1 aromatic rings. The summed E-state index contributed by atoms with van der Waals surface area (Å²) in [5.41, 5.74) is -0.119. The average molecular weight is 294 g/mol. The number of likely N-dealkylation sites (tertiary alicyclic amines) is 1. The van der Waals surface area contributed by atoms with Gasteiger partial charge in [0.15, 0.2) is 5.69 Å². The Morgan fingerprint density at radius 2 is 2.10 bits per heavy atom. The fourth-order valence-corrected chi connectivity index (χ4v) is 2.75. The van der Waals surface area contributed by atoms with Gasteiger partial charge >= 0.3 is 5.97 Å². The van der Waals surface area contributed by atoms with E-state index in [1.54, 1.807) is 0 Å². The van der Waals surface area contributed by atoms with E-state index < -0.39 is 5.97 Å². The molecule has 114 valence electrons. The van der Waals surface area contributed by atoms with E-state index in [0.717, 1.165) is 32.2 Å². The number of aromatic carboxylic acids is 1. The van der Waals surface area contributed by atoms with Crippen molar-refractivity contribution < 1.29 is 19.1 Å². The number of carboxylic acid groups (broad SMARTS) is 1. The topological polar surface area (TPSA) is 98.9 Å². The Bertz CT molecular complexity index is 538. The normalized spacial score (nSPS) is 22.6. The number of hydrogen-bond donors (Lipinski definition) is 2. The molecular formula is C13H18N4O4. The van der Waals surface area contributed by atoms with Crippen LogP contribution in [-0.4, -0.2) is 65.6 Å². The van der Waals surface area contributed by atoms with Crippen molar-refractivity contribution in [2.75, 3.05) is 37.6 Å². The van der Waals surface area contributed by atoms with Crippen molar-refractivity contribution in [3.63, 3.8) is 0 Å². The van der Waals surface area contributed by atoms with E-state index in [-0.39, 0.29) is 23.7 Å². The van der Waals surface area contributed by atoms with E-state index in [2.05, 4.69) is 10.3 Å². The number of nitrogens with zero attached hydrogens (tertiary/aromatic N) is 3. The summed E-state index contributed by atoms with van der Waals surface area (Å²) in [5.74, 6) is -1.02. The number of carbonyl (C=O) groups is 2. The highest BCUT2D eigenvalue weighted by Crippen LogP contribution is 2.17. The Morgan fingerprint density at radius 1 is 1.33 bits per heavy atom. The van der Waals surface area contributed by atoms with Gasteiger partial charge in [0.1, 0.15) is 12.3 Å². The van der Waals surface area contributed by atoms with Crippen molar-refractivity contribution in [3.05, 3.63) is 12.0 Å². The van der Waals surface area contributed by atoms with Gasteiger partial charge in [-0.25, -0.2) is 4.79 Å². The second-order valence-corrected chi connectivity index (χ2v) is 5.31. The van der Waals surface area contributed by atoms with Crippen LogP contribution in [0.25, 0.3) is 0 Å². The molecule has 1 amide bonds. The van der Waals surface area contributed by atoms with Crippen LogP contribution < -0.4 is 10.2 Å². The third-order valence-corrected chi connectivity index (χ3v) is 3.87. The molecule has 0 spiro atoms. The van der Waals surface area contributed by atoms with E-state index in [1.165, 1.54) is 0 Å². The van der Waals surface area contributed by atoms with Crippen LogP contribution in [0.1, 0.15) is 23.3 Å². The predicted molar refractivity (Wildman–Crippen MR) is 73.3 cm³/mol. The Labute approximate surface area is 121 Å². The van der Waals surface area contributed by atoms with Crippen LogP contribution in [0.5, 0.6) is 0 Å². The maximum Gasteiger partial charge on any atom is 0.357 e. The molecule has 2 saturated heterocycles. The van der Waals surface area contributed by atoms with Gasteiger partial charge in [-0.05, 0) is 12.8 Å². The number of carbonyl (C=O) groups excluding carboxylic acids is 1. The average Bonchev–Trinajstić information content (AvgIpc) is 3.18. The molecule has 0 aromatic carbocycles. The molecule has 1 atom stereocenters. The summed E-state index contributed by atoms with van der Waals surface area (Å²) in [6.45, 7) is 3.34. The standard InChI is InChI=1S/C13H18N4O4/c18-11(16-4-1-2-5-16)9-7-17(6-3-14-9)13-15-10(8-21-13)12(19)20/h8-9,14H,1-7H2,(H,19,20). The number of hydrogen-bond acceptors (Lipinski definition) is 6. The van der Waals surface area contributed by atoms with Crippen LogP contribution in [-0.2, 0) is 4.79 Å². The summed E-state index contributed by atoms with van der Waals surface area (Å²) >= 11 is 0. The largest absolute Gasteiger partial charge is 0.476 e. The molecule has 8 heteroatoms. The monoisotopic (exact) mass is 294 g/mol. The lowest BCUT2D eigenvalue weighted by molar-refractivity contribution is -0.132. The minimum absolute atomic E-state index is 0.0993. The Balaban J connectivity index is 1.67. The quantitative estimate of drug-likeness (QED) is 0.794. The van der Waals surface area contributed by atoms with E-state index >= 15 is 0 Å². The van der Waals surface area contributed by atoms with E-state index in [9.17, 15) is 9.59 Å². The number of nitrogens with one attached hydrogen (secondary N) is 1. The number of amides is 1. The van der Waals surface area contributed by atoms with E-state index in [0.29, 0.717) is 19.6 Å². The first-order valence-electron chi connectivity index (χ1n) is 7.11. The molecule has 0 aliphatic carbocycles. The van der Waals surface area contributed by atoms with Crippen molar-refractivity contribution >= 4 is 17.9 Å². The minimum atomic E-state index is -1.12. The molecule has 0 saturated carbocycles. The predicted octanol–water partition coefficient (Wildman–Crippen LogP) is -0.227. The van der Waals surface area contributed by atoms with Crippen LogP contribution in [0.4, 0.5) is 6.01 Å². The lowest BCUT2D eigenvalue weighted by Gasteiger charge is -2.33. The van der Waals surface area contributed by atoms with Crippen molar-refractivity contribution in [1.29, 1.82) is 0 Å². The zero-order chi connectivity index (χ0) is 14.8. The summed E-state index contributed by atoms with van der Waals surface area (Å²) in [5, 5.41) is 12.1. The summed E-state index contributed by atoms with van der Waals surface area (Å²) in [6, 6.07) is -0.0369. The Kier molecular flexibility index (Phi) is 3.78. The summed E-state index contributed by atoms with van der Waals surface area (Å²) in [4.78, 5) is 30.8. The van der Waals surface area contributed by atoms with Crippen LogP contribution in [0.15, 0.2) is 10.7 Å². The van der Waals surface area contributed by atoms with Gasteiger partial charge in [-0.1, -0.05) is 0 Å². The molecule has 3 rings (SSSR count). The van der Waals surface area contributed by atoms with Crippen molar-refractivity contribution in [3.8, 4) is 0 Å². The molecule has 0 bridgehead atoms. The van der Waals surface area contributed by atoms with Gasteiger partial charge in [0, 0.05) is 32.7 Å². The summed E-state index contributed by atoms with van der Waals surface area (Å²) < 4.78 is 5.20. The first-order valence-corrected chi connectivity index (χ1v) is 7.11. The minimum Gasteiger partial charge on any atom is -0.476 e. The molecular weight excluding hydrogens is 276 g/mol. The van der Waals surface area contributed by atoms with Gasteiger partial charge in [-0.15, -0.1) is 0 Å². The number of piperazine rings is 1. The van der Waals surface area contributed by atoms with E-state index in [4.69, 9.17) is 9.52 Å². The first kappa shape index (κ1) is 13.9. The van der Waals surface area contributed by atoms with Gasteiger partial charge in [-0.3, -0.25) is 4.79 Å². The molecule has 2 aliphatic rings. The van der Waals surface area contributed by atoms with Crippen molar-refractivity contribution in [2.24, 2.45) is 0 Å². The van der Waals surface area contributed by atoms with Crippen LogP contribution in [0.3, 0.4) is 0 Å². The number of anilines is 1. The highest BCUT2D eigenvalue weighted by molar-refractivity contribution is 5.85. The van der Waals surface area contributed by atoms with Gasteiger partial charge < -0.3 is 24.6 Å². The molecule has 1 unspecified atom stereocenters. The van der Waals surface area contributed by atoms with Crippen molar-refractivity contribution in [2.45, 2.75) is 18.9 Å². The third kappa shape index (κ3) is 2.85.